The fourth-order valence-electron chi connectivity index (χ4n) is 7.82. The summed E-state index contributed by atoms with van der Waals surface area (Å²) in [5, 5.41) is 43.0. The largest absolute Gasteiger partial charge is 0.462 e. The number of ketones is 1. The predicted octanol–water partition coefficient (Wildman–Crippen LogP) is 5.94. The van der Waals surface area contributed by atoms with Crippen LogP contribution < -0.4 is 0 Å². The number of allylic oxidation sites excluding steroid dienone is 2. The number of carbonyl (C=O) groups is 2. The lowest BCUT2D eigenvalue weighted by atomic mass is 9.79. The van der Waals surface area contributed by atoms with Gasteiger partial charge in [0.25, 0.3) is 0 Å². The van der Waals surface area contributed by atoms with E-state index in [1.54, 1.807) is 20.8 Å². The zero-order valence-electron chi connectivity index (χ0n) is 31.9. The molecule has 50 heavy (non-hydrogen) atoms. The van der Waals surface area contributed by atoms with Gasteiger partial charge in [0, 0.05) is 25.2 Å². The van der Waals surface area contributed by atoms with Gasteiger partial charge in [0.05, 0.1) is 30.8 Å². The van der Waals surface area contributed by atoms with Gasteiger partial charge in [0.15, 0.2) is 12.1 Å². The zero-order valence-corrected chi connectivity index (χ0v) is 31.9. The second kappa shape index (κ2) is 19.2. The monoisotopic (exact) mass is 706 g/mol. The highest BCUT2D eigenvalue weighted by Crippen LogP contribution is 2.35. The molecule has 3 aliphatic heterocycles. The van der Waals surface area contributed by atoms with Gasteiger partial charge in [0.2, 0.25) is 0 Å². The summed E-state index contributed by atoms with van der Waals surface area (Å²) < 4.78 is 24.7. The third-order valence-electron chi connectivity index (χ3n) is 11.0. The molecular formula is C40H66O10. The van der Waals surface area contributed by atoms with E-state index in [0.717, 1.165) is 24.0 Å². The highest BCUT2D eigenvalue weighted by molar-refractivity contribution is 5.80. The molecule has 14 atom stereocenters. The standard InChI is InChI=1S/C40H66O10/c1-10-32(41)29(8)36(44)26(5)20-28(7)38-27(6)19-23(2)15-16-31(48-35-21-33(42)37(45)30(9)47-35)14-12-11-13-24(3)39-25(4)17-18-40(46,50-39)22-34(43)49-38/h13,15-17,23,26-31,33,35-39,42,44-46H,10-12,14,18-22H2,1-9H3/b16-15?,24-13-/t23-,26+,27+,28+,29+,30+,31?,33+,35-,36-,37+,38?,39+,40+/m0/s1. The topological polar surface area (TPSA) is 152 Å². The van der Waals surface area contributed by atoms with Crippen molar-refractivity contribution in [1.82, 2.24) is 0 Å². The Morgan fingerprint density at radius 3 is 2.40 bits per heavy atom. The Bertz CT molecular complexity index is 1180. The fourth-order valence-corrected chi connectivity index (χ4v) is 7.82. The van der Waals surface area contributed by atoms with Crippen LogP contribution in [0.2, 0.25) is 0 Å². The van der Waals surface area contributed by atoms with E-state index in [9.17, 15) is 30.0 Å². The minimum atomic E-state index is -1.71. The van der Waals surface area contributed by atoms with Gasteiger partial charge >= 0.3 is 5.97 Å². The first-order chi connectivity index (χ1) is 23.4. The summed E-state index contributed by atoms with van der Waals surface area (Å²) in [4.78, 5) is 25.9. The van der Waals surface area contributed by atoms with Gasteiger partial charge in [-0.15, -0.1) is 0 Å². The van der Waals surface area contributed by atoms with Gasteiger partial charge in [-0.05, 0) is 87.7 Å². The number of Topliss-reactive ketones (excluding diaryl/α,β-unsaturated/α-hetero) is 1. The smallest absolute Gasteiger partial charge is 0.311 e. The van der Waals surface area contributed by atoms with Gasteiger partial charge in [-0.3, -0.25) is 9.59 Å². The predicted molar refractivity (Wildman–Crippen MR) is 192 cm³/mol. The van der Waals surface area contributed by atoms with Crippen molar-refractivity contribution >= 4 is 11.8 Å². The zero-order chi connectivity index (χ0) is 37.3. The first-order valence-electron chi connectivity index (χ1n) is 18.9. The molecule has 0 aromatic rings. The van der Waals surface area contributed by atoms with E-state index in [1.165, 1.54) is 0 Å². The third-order valence-corrected chi connectivity index (χ3v) is 11.0. The van der Waals surface area contributed by atoms with Crippen LogP contribution >= 0.6 is 0 Å². The number of fused-ring (bicyclic) bond motifs is 2. The Hall–Kier alpha value is -1.92. The summed E-state index contributed by atoms with van der Waals surface area (Å²) in [5.41, 5.74) is 1.91. The number of aliphatic hydroxyl groups excluding tert-OH is 3. The van der Waals surface area contributed by atoms with Gasteiger partial charge in [0.1, 0.15) is 24.1 Å². The Morgan fingerprint density at radius 1 is 1.06 bits per heavy atom. The lowest BCUT2D eigenvalue weighted by Gasteiger charge is -2.38. The normalized spacial score (nSPS) is 38.7. The Labute approximate surface area is 300 Å². The maximum Gasteiger partial charge on any atom is 0.311 e. The van der Waals surface area contributed by atoms with Crippen molar-refractivity contribution in [3.05, 3.63) is 35.5 Å². The number of aliphatic hydroxyl groups is 4. The Balaban J connectivity index is 1.88. The lowest BCUT2D eigenvalue weighted by Crippen LogP contribution is -2.48. The van der Waals surface area contributed by atoms with Crippen molar-refractivity contribution in [2.75, 3.05) is 0 Å². The highest BCUT2D eigenvalue weighted by atomic mass is 16.7. The number of hydrogen-bond donors (Lipinski definition) is 4. The van der Waals surface area contributed by atoms with E-state index < -0.39 is 60.6 Å². The molecule has 0 amide bonds. The van der Waals surface area contributed by atoms with Crippen LogP contribution in [-0.4, -0.2) is 87.0 Å². The number of hydrogen-bond acceptors (Lipinski definition) is 10. The second-order valence-corrected chi connectivity index (χ2v) is 15.7. The molecule has 2 unspecified atom stereocenters. The molecule has 1 fully saturated rings. The SMILES string of the molecule is CCC(=O)[C@@H](C)[C@@H](O)[C@H](C)C[C@@H](C)C1OC(=O)C[C@@]2(O)CC=C(C)[C@H](O2)/C(C)=C\CCCC(O[C@H]2C[C@@H](O)[C@H](O)[C@@H](C)O2)C=C[C@H](C)C[C@H]1C. The van der Waals surface area contributed by atoms with Crippen LogP contribution in [0.5, 0.6) is 0 Å². The van der Waals surface area contributed by atoms with Crippen molar-refractivity contribution in [2.45, 2.75) is 175 Å². The summed E-state index contributed by atoms with van der Waals surface area (Å²) in [6.07, 6.45) is 6.93. The molecule has 0 radical (unpaired) electrons. The molecule has 1 saturated heterocycles. The number of esters is 1. The van der Waals surface area contributed by atoms with Crippen molar-refractivity contribution in [3.63, 3.8) is 0 Å². The lowest BCUT2D eigenvalue weighted by molar-refractivity contribution is -0.254. The first kappa shape index (κ1) is 42.5. The first-order valence-corrected chi connectivity index (χ1v) is 18.9. The molecule has 10 nitrogen and oxygen atoms in total. The van der Waals surface area contributed by atoms with Crippen LogP contribution in [0.1, 0.15) is 120 Å². The molecule has 286 valence electrons. The highest BCUT2D eigenvalue weighted by Gasteiger charge is 2.40. The third kappa shape index (κ3) is 12.1. The summed E-state index contributed by atoms with van der Waals surface area (Å²) in [6.45, 7) is 17.3. The maximum absolute atomic E-state index is 13.6. The Kier molecular flexibility index (Phi) is 16.4. The minimum Gasteiger partial charge on any atom is -0.462 e. The quantitative estimate of drug-likeness (QED) is 0.167. The molecule has 2 bridgehead atoms. The molecule has 4 N–H and O–H groups in total. The van der Waals surface area contributed by atoms with Crippen molar-refractivity contribution < 1.29 is 49.0 Å². The van der Waals surface area contributed by atoms with Crippen molar-refractivity contribution in [3.8, 4) is 0 Å². The maximum atomic E-state index is 13.6. The number of rotatable bonds is 9. The molecule has 0 aromatic carbocycles. The second-order valence-electron chi connectivity index (χ2n) is 15.7. The summed E-state index contributed by atoms with van der Waals surface area (Å²) in [6, 6.07) is 0. The van der Waals surface area contributed by atoms with Crippen LogP contribution in [0.25, 0.3) is 0 Å². The van der Waals surface area contributed by atoms with Crippen molar-refractivity contribution in [1.29, 1.82) is 0 Å². The van der Waals surface area contributed by atoms with E-state index in [0.29, 0.717) is 25.7 Å². The fraction of sp³-hybridized carbons (Fsp3) is 0.800. The van der Waals surface area contributed by atoms with Crippen LogP contribution in [0.3, 0.4) is 0 Å². The summed E-state index contributed by atoms with van der Waals surface area (Å²) in [5.74, 6) is -3.05. The van der Waals surface area contributed by atoms with Crippen LogP contribution in [0.15, 0.2) is 35.5 Å². The van der Waals surface area contributed by atoms with Crippen LogP contribution in [0, 0.1) is 29.6 Å². The number of carbonyl (C=O) groups excluding carboxylic acids is 2. The van der Waals surface area contributed by atoms with Gasteiger partial charge in [-0.25, -0.2) is 0 Å². The van der Waals surface area contributed by atoms with Gasteiger partial charge in [-0.2, -0.15) is 0 Å². The molecule has 0 aromatic heterocycles. The molecular weight excluding hydrogens is 640 g/mol. The average Bonchev–Trinajstić information content (AvgIpc) is 3.05. The van der Waals surface area contributed by atoms with Gasteiger partial charge < -0.3 is 39.4 Å². The molecule has 0 spiro atoms. The van der Waals surface area contributed by atoms with E-state index in [-0.39, 0.29) is 54.8 Å². The van der Waals surface area contributed by atoms with Gasteiger partial charge in [-0.1, -0.05) is 65.8 Å². The van der Waals surface area contributed by atoms with Crippen LogP contribution in [-0.2, 0) is 28.5 Å². The summed E-state index contributed by atoms with van der Waals surface area (Å²) >= 11 is 0. The minimum absolute atomic E-state index is 0.0163. The Morgan fingerprint density at radius 2 is 1.74 bits per heavy atom. The average molecular weight is 707 g/mol. The molecule has 0 saturated carbocycles. The summed E-state index contributed by atoms with van der Waals surface area (Å²) in [7, 11) is 0. The molecule has 3 heterocycles. The van der Waals surface area contributed by atoms with E-state index in [4.69, 9.17) is 18.9 Å². The molecule has 10 heteroatoms. The van der Waals surface area contributed by atoms with E-state index in [1.807, 2.05) is 33.8 Å². The number of ether oxygens (including phenoxy) is 4. The number of cyclic esters (lactones) is 1. The molecule has 0 aliphatic carbocycles. The van der Waals surface area contributed by atoms with Crippen LogP contribution in [0.4, 0.5) is 0 Å². The van der Waals surface area contributed by atoms with Crippen molar-refractivity contribution in [2.24, 2.45) is 29.6 Å². The molecule has 3 aliphatic rings. The van der Waals surface area contributed by atoms with E-state index >= 15 is 0 Å². The molecule has 3 rings (SSSR count). The van der Waals surface area contributed by atoms with E-state index in [2.05, 4.69) is 32.1 Å².